The molecule has 0 unspecified atom stereocenters. The molecule has 0 radical (unpaired) electrons. The number of benzene rings is 2. The van der Waals surface area contributed by atoms with Crippen molar-refractivity contribution >= 4 is 5.97 Å². The smallest absolute Gasteiger partial charge is 0.336 e. The van der Waals surface area contributed by atoms with Gasteiger partial charge in [0, 0.05) is 18.7 Å². The Kier molecular flexibility index (Phi) is 4.39. The molecule has 126 valence electrons. The largest absolute Gasteiger partial charge is 0.497 e. The van der Waals surface area contributed by atoms with Crippen LogP contribution in [-0.4, -0.2) is 22.8 Å². The maximum atomic E-state index is 12.4. The van der Waals surface area contributed by atoms with E-state index in [1.807, 2.05) is 30.3 Å². The van der Waals surface area contributed by atoms with E-state index in [0.29, 0.717) is 11.3 Å². The van der Waals surface area contributed by atoms with Crippen molar-refractivity contribution in [3.8, 4) is 28.1 Å². The average molecular weight is 335 g/mol. The number of ether oxygens (including phenoxy) is 1. The second-order valence-corrected chi connectivity index (χ2v) is 5.61. The lowest BCUT2D eigenvalue weighted by Gasteiger charge is -2.13. The van der Waals surface area contributed by atoms with Crippen LogP contribution in [0.4, 0.5) is 0 Å². The van der Waals surface area contributed by atoms with Gasteiger partial charge in [-0.3, -0.25) is 4.79 Å². The summed E-state index contributed by atoms with van der Waals surface area (Å²) in [4.78, 5) is 23.9. The van der Waals surface area contributed by atoms with Crippen LogP contribution >= 0.6 is 0 Å². The van der Waals surface area contributed by atoms with Gasteiger partial charge in [0.05, 0.1) is 18.4 Å². The molecule has 0 atom stereocenters. The summed E-state index contributed by atoms with van der Waals surface area (Å²) >= 11 is 0. The Morgan fingerprint density at radius 1 is 1.00 bits per heavy atom. The zero-order valence-electron chi connectivity index (χ0n) is 13.9. The predicted molar refractivity (Wildman–Crippen MR) is 96.1 cm³/mol. The van der Waals surface area contributed by atoms with Gasteiger partial charge in [0.1, 0.15) is 5.75 Å². The molecule has 0 amide bonds. The first-order valence-corrected chi connectivity index (χ1v) is 7.69. The summed E-state index contributed by atoms with van der Waals surface area (Å²) in [6.07, 6.45) is 0. The second kappa shape index (κ2) is 6.65. The molecule has 1 heterocycles. The SMILES string of the molecule is COc1ccc(-c2cc(-c3ccccc3C(=O)O)n(C)c(=O)c2)cc1. The van der Waals surface area contributed by atoms with Gasteiger partial charge in [0.2, 0.25) is 0 Å². The van der Waals surface area contributed by atoms with E-state index >= 15 is 0 Å². The molecule has 0 aliphatic rings. The maximum Gasteiger partial charge on any atom is 0.336 e. The summed E-state index contributed by atoms with van der Waals surface area (Å²) in [6.45, 7) is 0. The number of aromatic nitrogens is 1. The van der Waals surface area contributed by atoms with Gasteiger partial charge in [-0.15, -0.1) is 0 Å². The van der Waals surface area contributed by atoms with E-state index in [-0.39, 0.29) is 11.1 Å². The molecule has 0 saturated heterocycles. The number of hydrogen-bond donors (Lipinski definition) is 1. The van der Waals surface area contributed by atoms with Crippen LogP contribution in [0.1, 0.15) is 10.4 Å². The number of carboxylic acids is 1. The average Bonchev–Trinajstić information content (AvgIpc) is 2.64. The number of hydrogen-bond acceptors (Lipinski definition) is 3. The third-order valence-electron chi connectivity index (χ3n) is 4.12. The van der Waals surface area contributed by atoms with Gasteiger partial charge in [-0.1, -0.05) is 30.3 Å². The molecule has 0 aliphatic carbocycles. The van der Waals surface area contributed by atoms with Gasteiger partial charge in [-0.2, -0.15) is 0 Å². The fraction of sp³-hybridized carbons (Fsp3) is 0.100. The molecule has 0 aliphatic heterocycles. The predicted octanol–water partition coefficient (Wildman–Crippen LogP) is 3.43. The van der Waals surface area contributed by atoms with Crippen LogP contribution in [0.25, 0.3) is 22.4 Å². The van der Waals surface area contributed by atoms with Gasteiger partial charge in [-0.05, 0) is 35.4 Å². The van der Waals surface area contributed by atoms with Crippen LogP contribution in [0.5, 0.6) is 5.75 Å². The molecule has 3 aromatic rings. The third kappa shape index (κ3) is 3.17. The molecule has 0 spiro atoms. The fourth-order valence-electron chi connectivity index (χ4n) is 2.74. The molecule has 3 rings (SSSR count). The van der Waals surface area contributed by atoms with Crippen molar-refractivity contribution in [1.29, 1.82) is 0 Å². The van der Waals surface area contributed by atoms with E-state index < -0.39 is 5.97 Å². The number of pyridine rings is 1. The van der Waals surface area contributed by atoms with Crippen molar-refractivity contribution in [1.82, 2.24) is 4.57 Å². The quantitative estimate of drug-likeness (QED) is 0.793. The molecular weight excluding hydrogens is 318 g/mol. The molecule has 0 fully saturated rings. The standard InChI is InChI=1S/C20H17NO4/c1-21-18(16-5-3-4-6-17(16)20(23)24)11-14(12-19(21)22)13-7-9-15(25-2)10-8-13/h3-12H,1-2H3,(H,23,24). The van der Waals surface area contributed by atoms with E-state index in [9.17, 15) is 14.7 Å². The monoisotopic (exact) mass is 335 g/mol. The fourth-order valence-corrected chi connectivity index (χ4v) is 2.74. The van der Waals surface area contributed by atoms with Crippen LogP contribution in [0.3, 0.4) is 0 Å². The summed E-state index contributed by atoms with van der Waals surface area (Å²) in [5.74, 6) is -0.304. The molecule has 5 nitrogen and oxygen atoms in total. The lowest BCUT2D eigenvalue weighted by Crippen LogP contribution is -2.18. The zero-order valence-corrected chi connectivity index (χ0v) is 13.9. The molecule has 0 saturated carbocycles. The molecule has 1 N–H and O–H groups in total. The Balaban J connectivity index is 2.20. The van der Waals surface area contributed by atoms with Crippen molar-refractivity contribution in [3.63, 3.8) is 0 Å². The number of rotatable bonds is 4. The normalized spacial score (nSPS) is 10.5. The Morgan fingerprint density at radius 2 is 1.68 bits per heavy atom. The highest BCUT2D eigenvalue weighted by Gasteiger charge is 2.15. The number of nitrogens with zero attached hydrogens (tertiary/aromatic N) is 1. The Bertz CT molecular complexity index is 987. The first kappa shape index (κ1) is 16.5. The van der Waals surface area contributed by atoms with Crippen molar-refractivity contribution in [2.45, 2.75) is 0 Å². The summed E-state index contributed by atoms with van der Waals surface area (Å²) in [5.41, 5.74) is 2.59. The first-order chi connectivity index (χ1) is 12.0. The van der Waals surface area contributed by atoms with Gasteiger partial charge >= 0.3 is 5.97 Å². The first-order valence-electron chi connectivity index (χ1n) is 7.69. The number of carbonyl (C=O) groups is 1. The molecule has 2 aromatic carbocycles. The van der Waals surface area contributed by atoms with Crippen LogP contribution in [0.15, 0.2) is 65.5 Å². The molecule has 0 bridgehead atoms. The van der Waals surface area contributed by atoms with Crippen molar-refractivity contribution in [2.75, 3.05) is 7.11 Å². The topological polar surface area (TPSA) is 68.5 Å². The maximum absolute atomic E-state index is 12.4. The lowest BCUT2D eigenvalue weighted by atomic mass is 9.99. The molecular formula is C20H17NO4. The van der Waals surface area contributed by atoms with E-state index in [0.717, 1.165) is 16.9 Å². The summed E-state index contributed by atoms with van der Waals surface area (Å²) in [6, 6.07) is 17.4. The highest BCUT2D eigenvalue weighted by Crippen LogP contribution is 2.28. The summed E-state index contributed by atoms with van der Waals surface area (Å²) < 4.78 is 6.61. The minimum atomic E-state index is -1.03. The van der Waals surface area contributed by atoms with Gasteiger partial charge in [0.25, 0.3) is 5.56 Å². The second-order valence-electron chi connectivity index (χ2n) is 5.61. The summed E-state index contributed by atoms with van der Waals surface area (Å²) in [5, 5.41) is 9.43. The third-order valence-corrected chi connectivity index (χ3v) is 4.12. The Labute approximate surface area is 144 Å². The van der Waals surface area contributed by atoms with Crippen LogP contribution in [0, 0.1) is 0 Å². The highest BCUT2D eigenvalue weighted by atomic mass is 16.5. The van der Waals surface area contributed by atoms with Crippen LogP contribution < -0.4 is 10.3 Å². The van der Waals surface area contributed by atoms with Gasteiger partial charge in [-0.25, -0.2) is 4.79 Å². The molecule has 25 heavy (non-hydrogen) atoms. The molecule has 1 aromatic heterocycles. The number of carboxylic acid groups (broad SMARTS) is 1. The summed E-state index contributed by atoms with van der Waals surface area (Å²) in [7, 11) is 3.22. The highest BCUT2D eigenvalue weighted by molar-refractivity contribution is 5.95. The Morgan fingerprint density at radius 3 is 2.32 bits per heavy atom. The van der Waals surface area contributed by atoms with Gasteiger partial charge < -0.3 is 14.4 Å². The van der Waals surface area contributed by atoms with Crippen LogP contribution in [0.2, 0.25) is 0 Å². The van der Waals surface area contributed by atoms with E-state index in [1.165, 1.54) is 16.7 Å². The number of aromatic carboxylic acids is 1. The van der Waals surface area contributed by atoms with E-state index in [2.05, 4.69) is 0 Å². The minimum absolute atomic E-state index is 0.157. The molecule has 5 heteroatoms. The Hall–Kier alpha value is -3.34. The van der Waals surface area contributed by atoms with Crippen LogP contribution in [-0.2, 0) is 7.05 Å². The van der Waals surface area contributed by atoms with E-state index in [4.69, 9.17) is 4.74 Å². The van der Waals surface area contributed by atoms with Crippen molar-refractivity contribution in [3.05, 3.63) is 76.6 Å². The zero-order chi connectivity index (χ0) is 18.0. The van der Waals surface area contributed by atoms with E-state index in [1.54, 1.807) is 32.4 Å². The van der Waals surface area contributed by atoms with Crippen molar-refractivity contribution in [2.24, 2.45) is 7.05 Å². The number of methoxy groups -OCH3 is 1. The van der Waals surface area contributed by atoms with Gasteiger partial charge in [0.15, 0.2) is 0 Å². The van der Waals surface area contributed by atoms with Crippen molar-refractivity contribution < 1.29 is 14.6 Å². The lowest BCUT2D eigenvalue weighted by molar-refractivity contribution is 0.0697. The minimum Gasteiger partial charge on any atom is -0.497 e.